The van der Waals surface area contributed by atoms with Crippen molar-refractivity contribution in [3.8, 4) is 0 Å². The van der Waals surface area contributed by atoms with Crippen LogP contribution in [-0.4, -0.2) is 22.3 Å². The van der Waals surface area contributed by atoms with E-state index in [-0.39, 0.29) is 29.2 Å². The van der Waals surface area contributed by atoms with Crippen molar-refractivity contribution in [1.29, 1.82) is 0 Å². The van der Waals surface area contributed by atoms with Gasteiger partial charge < -0.3 is 0 Å². The van der Waals surface area contributed by atoms with Gasteiger partial charge >= 0.3 is 0 Å². The van der Waals surface area contributed by atoms with E-state index >= 15 is 0 Å². The number of hydrogen-bond donors (Lipinski definition) is 0. The average Bonchev–Trinajstić information content (AvgIpc) is 3.11. The summed E-state index contributed by atoms with van der Waals surface area (Å²) in [6.07, 6.45) is 2.13. The van der Waals surface area contributed by atoms with Crippen molar-refractivity contribution in [3.05, 3.63) is 27.2 Å². The molecule has 2 fully saturated rings. The minimum Gasteiger partial charge on any atom is -0.298 e. The van der Waals surface area contributed by atoms with Crippen molar-refractivity contribution < 1.29 is 14.4 Å². The van der Waals surface area contributed by atoms with Crippen LogP contribution in [0.5, 0.6) is 0 Å². The number of carbonyl (C=O) groups is 3. The van der Waals surface area contributed by atoms with Crippen LogP contribution in [0, 0.1) is 24.7 Å². The molecule has 2 aliphatic carbocycles. The number of rotatable bonds is 2. The summed E-state index contributed by atoms with van der Waals surface area (Å²) in [4.78, 5) is 42.4. The molecule has 6 heteroatoms. The lowest BCUT2D eigenvalue weighted by molar-refractivity contribution is -0.137. The number of nitrogens with zero attached hydrogens (tertiary/aromatic N) is 1. The van der Waals surface area contributed by atoms with Crippen LogP contribution in [0.4, 0.5) is 0 Å². The smallest absolute Gasteiger partial charge is 0.181 e. The predicted octanol–water partition coefficient (Wildman–Crippen LogP) is 3.73. The predicted molar refractivity (Wildman–Crippen MR) is 90.7 cm³/mol. The second kappa shape index (κ2) is 5.31. The topological polar surface area (TPSA) is 64.1 Å². The van der Waals surface area contributed by atoms with Crippen molar-refractivity contribution in [2.75, 3.05) is 0 Å². The lowest BCUT2D eigenvalue weighted by Gasteiger charge is -2.24. The molecule has 0 spiro atoms. The van der Waals surface area contributed by atoms with Crippen molar-refractivity contribution in [3.63, 3.8) is 0 Å². The zero-order valence-corrected chi connectivity index (χ0v) is 14.9. The average molecular weight is 392 g/mol. The van der Waals surface area contributed by atoms with E-state index in [0.29, 0.717) is 12.0 Å². The van der Waals surface area contributed by atoms with Gasteiger partial charge in [-0.15, -0.1) is 11.3 Å². The van der Waals surface area contributed by atoms with Crippen molar-refractivity contribution in [2.24, 2.45) is 17.8 Å². The van der Waals surface area contributed by atoms with Crippen LogP contribution in [0.15, 0.2) is 16.0 Å². The van der Waals surface area contributed by atoms with E-state index in [1.807, 2.05) is 13.0 Å². The number of fused-ring (bicyclic) bond motifs is 3. The van der Waals surface area contributed by atoms with Crippen LogP contribution in [0.2, 0.25) is 0 Å². The van der Waals surface area contributed by atoms with Gasteiger partial charge in [0.25, 0.3) is 0 Å². The fraction of sp³-hybridized carbons (Fsp3) is 0.412. The van der Waals surface area contributed by atoms with E-state index < -0.39 is 5.92 Å². The minimum absolute atomic E-state index is 0.107. The summed E-state index contributed by atoms with van der Waals surface area (Å²) in [5, 5.41) is 0. The fourth-order valence-electron chi connectivity index (χ4n) is 3.89. The summed E-state index contributed by atoms with van der Waals surface area (Å²) in [5.74, 6) is -2.01. The summed E-state index contributed by atoms with van der Waals surface area (Å²) in [6.45, 7) is 1.83. The normalized spacial score (nSPS) is 27.0. The van der Waals surface area contributed by atoms with Gasteiger partial charge in [0.1, 0.15) is 5.92 Å². The van der Waals surface area contributed by atoms with Gasteiger partial charge in [0.15, 0.2) is 21.3 Å². The van der Waals surface area contributed by atoms with Crippen LogP contribution in [0.25, 0.3) is 10.2 Å². The van der Waals surface area contributed by atoms with Crippen LogP contribution in [0.3, 0.4) is 0 Å². The Balaban J connectivity index is 1.78. The van der Waals surface area contributed by atoms with Gasteiger partial charge in [0.05, 0.1) is 10.2 Å². The Labute approximate surface area is 145 Å². The fourth-order valence-corrected chi connectivity index (χ4v) is 5.34. The van der Waals surface area contributed by atoms with Gasteiger partial charge in [-0.1, -0.05) is 0 Å². The van der Waals surface area contributed by atoms with Gasteiger partial charge in [0, 0.05) is 17.4 Å². The lowest BCUT2D eigenvalue weighted by Crippen LogP contribution is -2.41. The summed E-state index contributed by atoms with van der Waals surface area (Å²) in [6, 6.07) is 3.56. The third-order valence-corrected chi connectivity index (χ3v) is 6.59. The highest BCUT2D eigenvalue weighted by atomic mass is 79.9. The van der Waals surface area contributed by atoms with Crippen molar-refractivity contribution in [2.45, 2.75) is 26.2 Å². The standard InChI is InChI=1S/C17H14BrNO3S/c1-7-10(4-5-11-13(7)19-17(18)23-11)16(22)12-14(20)8-2-3-9(6-8)15(12)21/h4-5,8-9,12H,2-3,6H2,1H3. The molecule has 0 amide bonds. The number of Topliss-reactive ketones (excluding diaryl/α,β-unsaturated/α-hetero) is 3. The summed E-state index contributed by atoms with van der Waals surface area (Å²) < 4.78 is 1.73. The zero-order chi connectivity index (χ0) is 16.3. The van der Waals surface area contributed by atoms with Crippen LogP contribution >= 0.6 is 27.3 Å². The first-order valence-corrected chi connectivity index (χ1v) is 9.25. The van der Waals surface area contributed by atoms with E-state index in [4.69, 9.17) is 0 Å². The third kappa shape index (κ3) is 2.22. The molecule has 1 heterocycles. The molecule has 2 unspecified atom stereocenters. The molecule has 0 aliphatic heterocycles. The number of hydrogen-bond acceptors (Lipinski definition) is 5. The Morgan fingerprint density at radius 1 is 1.22 bits per heavy atom. The summed E-state index contributed by atoms with van der Waals surface area (Å²) in [5.41, 5.74) is 1.95. The Morgan fingerprint density at radius 2 is 1.87 bits per heavy atom. The molecule has 2 atom stereocenters. The minimum atomic E-state index is -1.10. The molecule has 118 valence electrons. The lowest BCUT2D eigenvalue weighted by atomic mass is 9.75. The number of halogens is 1. The molecule has 0 radical (unpaired) electrons. The third-order valence-electron chi connectivity index (χ3n) is 5.12. The van der Waals surface area contributed by atoms with Crippen LogP contribution < -0.4 is 0 Å². The zero-order valence-electron chi connectivity index (χ0n) is 12.5. The van der Waals surface area contributed by atoms with E-state index in [0.717, 1.165) is 32.5 Å². The Hall–Kier alpha value is -1.40. The molecule has 2 aromatic rings. The highest BCUT2D eigenvalue weighted by Crippen LogP contribution is 2.42. The van der Waals surface area contributed by atoms with E-state index in [2.05, 4.69) is 20.9 Å². The van der Waals surface area contributed by atoms with Gasteiger partial charge in [-0.3, -0.25) is 14.4 Å². The molecule has 2 bridgehead atoms. The first kappa shape index (κ1) is 15.1. The Bertz CT molecular complexity index is 850. The Kier molecular flexibility index (Phi) is 3.50. The molecule has 4 rings (SSSR count). The first-order chi connectivity index (χ1) is 11.0. The molecule has 2 aliphatic rings. The van der Waals surface area contributed by atoms with E-state index in [9.17, 15) is 14.4 Å². The van der Waals surface area contributed by atoms with Gasteiger partial charge in [-0.2, -0.15) is 0 Å². The van der Waals surface area contributed by atoms with Gasteiger partial charge in [0.2, 0.25) is 0 Å². The SMILES string of the molecule is Cc1c(C(=O)C2C(=O)C3CCC(C3)C2=O)ccc2sc(Br)nc12. The number of aromatic nitrogens is 1. The number of carbonyl (C=O) groups excluding carboxylic acids is 3. The highest BCUT2D eigenvalue weighted by molar-refractivity contribution is 9.11. The first-order valence-electron chi connectivity index (χ1n) is 7.64. The van der Waals surface area contributed by atoms with Gasteiger partial charge in [-0.05, 0) is 59.8 Å². The van der Waals surface area contributed by atoms with Crippen molar-refractivity contribution in [1.82, 2.24) is 4.98 Å². The Morgan fingerprint density at radius 3 is 2.52 bits per heavy atom. The molecular weight excluding hydrogens is 378 g/mol. The molecular formula is C17H14BrNO3S. The summed E-state index contributed by atoms with van der Waals surface area (Å²) >= 11 is 4.85. The van der Waals surface area contributed by atoms with Crippen LogP contribution in [-0.2, 0) is 9.59 Å². The number of aryl methyl sites for hydroxylation is 1. The van der Waals surface area contributed by atoms with E-state index in [1.165, 1.54) is 11.3 Å². The maximum Gasteiger partial charge on any atom is 0.181 e. The molecule has 2 saturated carbocycles. The van der Waals surface area contributed by atoms with Gasteiger partial charge in [-0.25, -0.2) is 4.98 Å². The maximum absolute atomic E-state index is 12.9. The molecule has 1 aromatic heterocycles. The second-order valence-corrected chi connectivity index (χ2v) is 8.67. The number of ketones is 3. The summed E-state index contributed by atoms with van der Waals surface area (Å²) in [7, 11) is 0. The highest BCUT2D eigenvalue weighted by Gasteiger charge is 2.50. The second-order valence-electron chi connectivity index (χ2n) is 6.36. The molecule has 0 N–H and O–H groups in total. The monoisotopic (exact) mass is 391 g/mol. The van der Waals surface area contributed by atoms with Crippen molar-refractivity contribution >= 4 is 54.8 Å². The molecule has 4 nitrogen and oxygen atoms in total. The van der Waals surface area contributed by atoms with Crippen LogP contribution in [0.1, 0.15) is 35.2 Å². The molecule has 1 aromatic carbocycles. The maximum atomic E-state index is 12.9. The number of benzene rings is 1. The molecule has 23 heavy (non-hydrogen) atoms. The van der Waals surface area contributed by atoms with E-state index in [1.54, 1.807) is 6.07 Å². The largest absolute Gasteiger partial charge is 0.298 e. The quantitative estimate of drug-likeness (QED) is 0.577. The molecule has 0 saturated heterocycles. The number of thiazole rings is 1.